The van der Waals surface area contributed by atoms with Crippen molar-refractivity contribution in [3.05, 3.63) is 59.7 Å². The van der Waals surface area contributed by atoms with E-state index in [0.717, 1.165) is 43.5 Å². The molecule has 0 aromatic heterocycles. The SMILES string of the molecule is CC(C1CCCCN1)N1C(=O)CN(Cc2cccc(Oc3ccc(C(F)(F)F)cc3)c2)C1=O. The van der Waals surface area contributed by atoms with E-state index in [1.165, 1.54) is 21.9 Å². The molecule has 0 saturated carbocycles. The average molecular weight is 461 g/mol. The molecule has 33 heavy (non-hydrogen) atoms. The molecule has 6 nitrogen and oxygen atoms in total. The molecule has 2 atom stereocenters. The van der Waals surface area contributed by atoms with Crippen LogP contribution in [0, 0.1) is 0 Å². The van der Waals surface area contributed by atoms with E-state index < -0.39 is 11.7 Å². The van der Waals surface area contributed by atoms with Crippen LogP contribution in [0.3, 0.4) is 0 Å². The summed E-state index contributed by atoms with van der Waals surface area (Å²) in [5.74, 6) is 0.492. The van der Waals surface area contributed by atoms with Crippen molar-refractivity contribution in [3.8, 4) is 11.5 Å². The van der Waals surface area contributed by atoms with Crippen molar-refractivity contribution in [1.29, 1.82) is 0 Å². The van der Waals surface area contributed by atoms with Crippen molar-refractivity contribution in [2.24, 2.45) is 0 Å². The summed E-state index contributed by atoms with van der Waals surface area (Å²) < 4.78 is 43.9. The van der Waals surface area contributed by atoms with E-state index in [1.54, 1.807) is 18.2 Å². The van der Waals surface area contributed by atoms with E-state index in [4.69, 9.17) is 4.74 Å². The molecule has 0 aliphatic carbocycles. The Hall–Kier alpha value is -3.07. The van der Waals surface area contributed by atoms with Crippen molar-refractivity contribution >= 4 is 11.9 Å². The predicted molar refractivity (Wildman–Crippen MR) is 116 cm³/mol. The summed E-state index contributed by atoms with van der Waals surface area (Å²) in [5.41, 5.74) is 0.00822. The number of nitrogens with one attached hydrogen (secondary N) is 1. The summed E-state index contributed by atoms with van der Waals surface area (Å²) in [7, 11) is 0. The van der Waals surface area contributed by atoms with Gasteiger partial charge in [0.25, 0.3) is 5.91 Å². The standard InChI is InChI=1S/C24H26F3N3O3/c1-16(21-7-2-3-12-28-21)30-22(31)15-29(23(30)32)14-17-5-4-6-20(13-17)33-19-10-8-18(9-11-19)24(25,26)27/h4-6,8-11,13,16,21,28H,2-3,7,12,14-15H2,1H3. The second-order valence-corrected chi connectivity index (χ2v) is 8.47. The molecule has 4 rings (SSSR count). The molecule has 2 unspecified atom stereocenters. The second kappa shape index (κ2) is 9.43. The number of rotatable bonds is 6. The fourth-order valence-electron chi connectivity index (χ4n) is 4.34. The number of urea groups is 1. The quantitative estimate of drug-likeness (QED) is 0.629. The molecule has 2 heterocycles. The molecule has 176 valence electrons. The minimum absolute atomic E-state index is 0.0138. The van der Waals surface area contributed by atoms with Crippen molar-refractivity contribution in [3.63, 3.8) is 0 Å². The number of hydrogen-bond donors (Lipinski definition) is 1. The number of carbonyl (C=O) groups is 2. The molecule has 0 bridgehead atoms. The molecule has 2 aromatic rings. The van der Waals surface area contributed by atoms with Crippen LogP contribution < -0.4 is 10.1 Å². The summed E-state index contributed by atoms with van der Waals surface area (Å²) in [5, 5.41) is 3.40. The fourth-order valence-corrected chi connectivity index (χ4v) is 4.34. The highest BCUT2D eigenvalue weighted by Crippen LogP contribution is 2.31. The van der Waals surface area contributed by atoms with E-state index in [0.29, 0.717) is 5.75 Å². The Bertz CT molecular complexity index is 1000. The third kappa shape index (κ3) is 5.30. The Labute approximate surface area is 190 Å². The lowest BCUT2D eigenvalue weighted by Crippen LogP contribution is -2.52. The largest absolute Gasteiger partial charge is 0.457 e. The molecule has 2 saturated heterocycles. The zero-order valence-electron chi connectivity index (χ0n) is 18.3. The molecule has 1 N–H and O–H groups in total. The molecule has 0 spiro atoms. The number of imide groups is 1. The molecule has 2 aliphatic heterocycles. The number of piperidine rings is 1. The van der Waals surface area contributed by atoms with Crippen LogP contribution in [-0.4, -0.2) is 46.9 Å². The van der Waals surface area contributed by atoms with Crippen molar-refractivity contribution in [2.45, 2.75) is 51.0 Å². The Kier molecular flexibility index (Phi) is 6.60. The van der Waals surface area contributed by atoms with Gasteiger partial charge in [-0.2, -0.15) is 13.2 Å². The van der Waals surface area contributed by atoms with Gasteiger partial charge < -0.3 is 15.0 Å². The molecule has 2 aromatic carbocycles. The first-order valence-corrected chi connectivity index (χ1v) is 11.0. The first-order valence-electron chi connectivity index (χ1n) is 11.0. The Balaban J connectivity index is 1.41. The fraction of sp³-hybridized carbons (Fsp3) is 0.417. The number of ether oxygens (including phenoxy) is 1. The average Bonchev–Trinajstić information content (AvgIpc) is 3.06. The van der Waals surface area contributed by atoms with Crippen LogP contribution in [0.5, 0.6) is 11.5 Å². The molecular formula is C24H26F3N3O3. The molecule has 0 radical (unpaired) electrons. The van der Waals surface area contributed by atoms with E-state index in [9.17, 15) is 22.8 Å². The number of hydrogen-bond acceptors (Lipinski definition) is 4. The van der Waals surface area contributed by atoms with E-state index in [-0.39, 0.29) is 42.9 Å². The molecule has 2 fully saturated rings. The van der Waals surface area contributed by atoms with Crippen LogP contribution in [0.4, 0.5) is 18.0 Å². The van der Waals surface area contributed by atoms with E-state index >= 15 is 0 Å². The predicted octanol–water partition coefficient (Wildman–Crippen LogP) is 4.79. The lowest BCUT2D eigenvalue weighted by Gasteiger charge is -2.33. The smallest absolute Gasteiger partial charge is 0.416 e. The van der Waals surface area contributed by atoms with Crippen molar-refractivity contribution in [2.75, 3.05) is 13.1 Å². The number of nitrogens with zero attached hydrogens (tertiary/aromatic N) is 2. The van der Waals surface area contributed by atoms with Crippen LogP contribution >= 0.6 is 0 Å². The second-order valence-electron chi connectivity index (χ2n) is 8.47. The maximum atomic E-state index is 13.0. The number of benzene rings is 2. The maximum absolute atomic E-state index is 13.0. The van der Waals surface area contributed by atoms with Crippen LogP contribution in [-0.2, 0) is 17.5 Å². The van der Waals surface area contributed by atoms with Gasteiger partial charge in [0, 0.05) is 12.6 Å². The highest BCUT2D eigenvalue weighted by molar-refractivity contribution is 6.02. The van der Waals surface area contributed by atoms with Gasteiger partial charge in [0.2, 0.25) is 0 Å². The van der Waals surface area contributed by atoms with Gasteiger partial charge in [0.05, 0.1) is 11.6 Å². The normalized spacial score (nSPS) is 20.3. The Morgan fingerprint density at radius 3 is 2.52 bits per heavy atom. The van der Waals surface area contributed by atoms with Crippen LogP contribution in [0.15, 0.2) is 48.5 Å². The van der Waals surface area contributed by atoms with Gasteiger partial charge in [-0.05, 0) is 68.3 Å². The first kappa shape index (κ1) is 23.1. The molecule has 9 heteroatoms. The first-order chi connectivity index (χ1) is 15.7. The van der Waals surface area contributed by atoms with E-state index in [1.807, 2.05) is 13.0 Å². The summed E-state index contributed by atoms with van der Waals surface area (Å²) in [6.45, 7) is 3.04. The van der Waals surface area contributed by atoms with Gasteiger partial charge in [0.1, 0.15) is 18.0 Å². The summed E-state index contributed by atoms with van der Waals surface area (Å²) in [4.78, 5) is 28.4. The number of amides is 3. The van der Waals surface area contributed by atoms with Crippen LogP contribution in [0.2, 0.25) is 0 Å². The van der Waals surface area contributed by atoms with Gasteiger partial charge in [0.15, 0.2) is 0 Å². The minimum atomic E-state index is -4.41. The third-order valence-electron chi connectivity index (χ3n) is 6.10. The Morgan fingerprint density at radius 1 is 1.09 bits per heavy atom. The van der Waals surface area contributed by atoms with Crippen LogP contribution in [0.1, 0.15) is 37.3 Å². The summed E-state index contributed by atoms with van der Waals surface area (Å²) >= 11 is 0. The van der Waals surface area contributed by atoms with Crippen molar-refractivity contribution in [1.82, 2.24) is 15.1 Å². The van der Waals surface area contributed by atoms with Gasteiger partial charge >= 0.3 is 12.2 Å². The Morgan fingerprint density at radius 2 is 1.85 bits per heavy atom. The lowest BCUT2D eigenvalue weighted by molar-refractivity contribution is -0.137. The van der Waals surface area contributed by atoms with Gasteiger partial charge in [-0.3, -0.25) is 9.69 Å². The zero-order chi connectivity index (χ0) is 23.6. The van der Waals surface area contributed by atoms with Gasteiger partial charge in [-0.15, -0.1) is 0 Å². The molecule has 2 aliphatic rings. The summed E-state index contributed by atoms with van der Waals surface area (Å²) in [6, 6.07) is 11.0. The molecular weight excluding hydrogens is 435 g/mol. The minimum Gasteiger partial charge on any atom is -0.457 e. The molecule has 3 amide bonds. The topological polar surface area (TPSA) is 61.9 Å². The van der Waals surface area contributed by atoms with Gasteiger partial charge in [-0.1, -0.05) is 18.6 Å². The highest BCUT2D eigenvalue weighted by Gasteiger charge is 2.41. The number of alkyl halides is 3. The van der Waals surface area contributed by atoms with Crippen LogP contribution in [0.25, 0.3) is 0 Å². The number of halogens is 3. The maximum Gasteiger partial charge on any atom is 0.416 e. The number of carbonyl (C=O) groups excluding carboxylic acids is 2. The van der Waals surface area contributed by atoms with E-state index in [2.05, 4.69) is 5.32 Å². The zero-order valence-corrected chi connectivity index (χ0v) is 18.3. The summed E-state index contributed by atoms with van der Waals surface area (Å²) in [6.07, 6.45) is -1.30. The van der Waals surface area contributed by atoms with Gasteiger partial charge in [-0.25, -0.2) is 4.79 Å². The monoisotopic (exact) mass is 461 g/mol. The lowest BCUT2D eigenvalue weighted by atomic mass is 9.98. The third-order valence-corrected chi connectivity index (χ3v) is 6.10. The highest BCUT2D eigenvalue weighted by atomic mass is 19.4. The van der Waals surface area contributed by atoms with Crippen molar-refractivity contribution < 1.29 is 27.5 Å².